The predicted molar refractivity (Wildman–Crippen MR) is 88.8 cm³/mol. The van der Waals surface area contributed by atoms with Crippen molar-refractivity contribution in [2.75, 3.05) is 24.6 Å². The zero-order valence-corrected chi connectivity index (χ0v) is 15.4. The number of sulfone groups is 1. The van der Waals surface area contributed by atoms with Gasteiger partial charge in [0.25, 0.3) is 0 Å². The molecule has 1 fully saturated rings. The summed E-state index contributed by atoms with van der Waals surface area (Å²) in [6.07, 6.45) is 0.283. The number of benzene rings is 1. The molecule has 22 heavy (non-hydrogen) atoms. The molecule has 124 valence electrons. The van der Waals surface area contributed by atoms with Gasteiger partial charge >= 0.3 is 0 Å². The summed E-state index contributed by atoms with van der Waals surface area (Å²) in [7, 11) is -7.02. The van der Waals surface area contributed by atoms with E-state index in [2.05, 4.69) is 15.9 Å². The number of hydrogen-bond donors (Lipinski definition) is 1. The standard InChI is InChI=1S/C13H19BrN2O4S2/c1-13(6-9-21(17,18)10-13)16(8-7-15)22(19,20)12-4-2-11(14)3-5-12/h2-5H,6-10,15H2,1H3/t13-/m1/s1. The molecular formula is C13H19BrN2O4S2. The number of sulfonamides is 1. The van der Waals surface area contributed by atoms with E-state index in [1.807, 2.05) is 0 Å². The normalized spacial score (nSPS) is 24.7. The SMILES string of the molecule is C[C@@]1(N(CCN)S(=O)(=O)c2ccc(Br)cc2)CCS(=O)(=O)C1. The summed E-state index contributed by atoms with van der Waals surface area (Å²) in [5.41, 5.74) is 4.61. The first-order valence-electron chi connectivity index (χ1n) is 6.80. The second-order valence-corrected chi connectivity index (χ2v) is 10.6. The Bertz CT molecular complexity index is 747. The quantitative estimate of drug-likeness (QED) is 0.779. The summed E-state index contributed by atoms with van der Waals surface area (Å²) in [4.78, 5) is 0.134. The van der Waals surface area contributed by atoms with Gasteiger partial charge in [-0.05, 0) is 37.6 Å². The maximum Gasteiger partial charge on any atom is 0.243 e. The number of nitrogens with zero attached hydrogens (tertiary/aromatic N) is 1. The van der Waals surface area contributed by atoms with E-state index in [9.17, 15) is 16.8 Å². The predicted octanol–water partition coefficient (Wildman–Crippen LogP) is 0.976. The molecule has 0 bridgehead atoms. The maximum atomic E-state index is 12.9. The summed E-state index contributed by atoms with van der Waals surface area (Å²) in [5, 5.41) is 0. The highest BCUT2D eigenvalue weighted by atomic mass is 79.9. The van der Waals surface area contributed by atoms with Crippen LogP contribution in [0.5, 0.6) is 0 Å². The third kappa shape index (κ3) is 3.53. The van der Waals surface area contributed by atoms with E-state index in [1.54, 1.807) is 19.1 Å². The zero-order valence-electron chi connectivity index (χ0n) is 12.2. The van der Waals surface area contributed by atoms with Gasteiger partial charge in [0, 0.05) is 23.1 Å². The Kier molecular flexibility index (Phi) is 5.03. The van der Waals surface area contributed by atoms with Gasteiger partial charge in [-0.3, -0.25) is 0 Å². The van der Waals surface area contributed by atoms with Crippen LogP contribution in [-0.4, -0.2) is 51.3 Å². The van der Waals surface area contributed by atoms with Crippen LogP contribution in [0.1, 0.15) is 13.3 Å². The molecule has 2 N–H and O–H groups in total. The van der Waals surface area contributed by atoms with Gasteiger partial charge in [0.15, 0.2) is 9.84 Å². The van der Waals surface area contributed by atoms with Crippen LogP contribution in [0.4, 0.5) is 0 Å². The Balaban J connectivity index is 2.45. The fourth-order valence-electron chi connectivity index (χ4n) is 2.72. The molecule has 1 saturated heterocycles. The van der Waals surface area contributed by atoms with E-state index < -0.39 is 25.4 Å². The minimum Gasteiger partial charge on any atom is -0.329 e. The molecule has 6 nitrogen and oxygen atoms in total. The molecule has 1 aliphatic rings. The largest absolute Gasteiger partial charge is 0.329 e. The van der Waals surface area contributed by atoms with Gasteiger partial charge in [0.05, 0.1) is 16.4 Å². The summed E-state index contributed by atoms with van der Waals surface area (Å²) < 4.78 is 51.4. The highest BCUT2D eigenvalue weighted by Crippen LogP contribution is 2.34. The van der Waals surface area contributed by atoms with Crippen molar-refractivity contribution in [1.82, 2.24) is 4.31 Å². The summed E-state index contributed by atoms with van der Waals surface area (Å²) in [6.45, 7) is 1.89. The van der Waals surface area contributed by atoms with E-state index in [-0.39, 0.29) is 35.9 Å². The second-order valence-electron chi connectivity index (χ2n) is 5.66. The van der Waals surface area contributed by atoms with Crippen LogP contribution in [0.25, 0.3) is 0 Å². The third-order valence-electron chi connectivity index (χ3n) is 3.82. The molecule has 9 heteroatoms. The van der Waals surface area contributed by atoms with Crippen molar-refractivity contribution >= 4 is 35.8 Å². The van der Waals surface area contributed by atoms with E-state index in [0.29, 0.717) is 0 Å². The second kappa shape index (κ2) is 6.20. The van der Waals surface area contributed by atoms with E-state index in [0.717, 1.165) is 4.47 Å². The molecule has 1 aliphatic heterocycles. The molecule has 0 spiro atoms. The highest BCUT2D eigenvalue weighted by Gasteiger charge is 2.47. The van der Waals surface area contributed by atoms with Crippen LogP contribution >= 0.6 is 15.9 Å². The first-order valence-corrected chi connectivity index (χ1v) is 10.9. The Morgan fingerprint density at radius 2 is 1.91 bits per heavy atom. The highest BCUT2D eigenvalue weighted by molar-refractivity contribution is 9.10. The van der Waals surface area contributed by atoms with Gasteiger partial charge in [-0.1, -0.05) is 15.9 Å². The van der Waals surface area contributed by atoms with Gasteiger partial charge in [0.1, 0.15) is 0 Å². The van der Waals surface area contributed by atoms with Crippen LogP contribution in [0.15, 0.2) is 33.6 Å². The lowest BCUT2D eigenvalue weighted by Gasteiger charge is -2.36. The topological polar surface area (TPSA) is 97.5 Å². The summed E-state index contributed by atoms with van der Waals surface area (Å²) in [5.74, 6) is -0.170. The Morgan fingerprint density at radius 3 is 2.36 bits per heavy atom. The number of rotatable bonds is 5. The smallest absolute Gasteiger partial charge is 0.243 e. The molecule has 0 saturated carbocycles. The summed E-state index contributed by atoms with van der Waals surface area (Å²) in [6, 6.07) is 6.27. The van der Waals surface area contributed by atoms with Crippen LogP contribution in [0.3, 0.4) is 0 Å². The molecule has 0 radical (unpaired) electrons. The van der Waals surface area contributed by atoms with Gasteiger partial charge in [-0.25, -0.2) is 16.8 Å². The minimum atomic E-state index is -3.80. The van der Waals surface area contributed by atoms with E-state index in [1.165, 1.54) is 16.4 Å². The van der Waals surface area contributed by atoms with Crippen molar-refractivity contribution in [3.63, 3.8) is 0 Å². The Labute approximate surface area is 139 Å². The Hall–Kier alpha value is -0.480. The zero-order chi connectivity index (χ0) is 16.6. The average molecular weight is 411 g/mol. The van der Waals surface area contributed by atoms with Crippen LogP contribution in [-0.2, 0) is 19.9 Å². The first-order chi connectivity index (χ1) is 10.1. The van der Waals surface area contributed by atoms with Crippen molar-refractivity contribution in [2.24, 2.45) is 5.73 Å². The van der Waals surface area contributed by atoms with Crippen molar-refractivity contribution in [3.8, 4) is 0 Å². The fourth-order valence-corrected chi connectivity index (χ4v) is 7.03. The third-order valence-corrected chi connectivity index (χ3v) is 8.31. The average Bonchev–Trinajstić information content (AvgIpc) is 2.71. The monoisotopic (exact) mass is 410 g/mol. The molecule has 1 heterocycles. The first kappa shape index (κ1) is 17.9. The molecule has 0 unspecified atom stereocenters. The Morgan fingerprint density at radius 1 is 1.32 bits per heavy atom. The van der Waals surface area contributed by atoms with Crippen molar-refractivity contribution < 1.29 is 16.8 Å². The lowest BCUT2D eigenvalue weighted by molar-refractivity contribution is 0.238. The fraction of sp³-hybridized carbons (Fsp3) is 0.538. The molecular weight excluding hydrogens is 392 g/mol. The van der Waals surface area contributed by atoms with Gasteiger partial charge < -0.3 is 5.73 Å². The van der Waals surface area contributed by atoms with Crippen LogP contribution < -0.4 is 5.73 Å². The van der Waals surface area contributed by atoms with E-state index >= 15 is 0 Å². The van der Waals surface area contributed by atoms with E-state index in [4.69, 9.17) is 5.73 Å². The lowest BCUT2D eigenvalue weighted by atomic mass is 10.0. The maximum absolute atomic E-state index is 12.9. The molecule has 1 atom stereocenters. The number of nitrogens with two attached hydrogens (primary N) is 1. The van der Waals surface area contributed by atoms with Crippen molar-refractivity contribution in [1.29, 1.82) is 0 Å². The molecule has 1 aromatic carbocycles. The van der Waals surface area contributed by atoms with Crippen LogP contribution in [0, 0.1) is 0 Å². The number of hydrogen-bond acceptors (Lipinski definition) is 5. The molecule has 0 aliphatic carbocycles. The van der Waals surface area contributed by atoms with Gasteiger partial charge in [0.2, 0.25) is 10.0 Å². The van der Waals surface area contributed by atoms with Gasteiger partial charge in [-0.2, -0.15) is 4.31 Å². The molecule has 1 aromatic rings. The lowest BCUT2D eigenvalue weighted by Crippen LogP contribution is -2.52. The van der Waals surface area contributed by atoms with Crippen LogP contribution in [0.2, 0.25) is 0 Å². The van der Waals surface area contributed by atoms with Crippen molar-refractivity contribution in [3.05, 3.63) is 28.7 Å². The molecule has 2 rings (SSSR count). The van der Waals surface area contributed by atoms with Crippen molar-refractivity contribution in [2.45, 2.75) is 23.8 Å². The summed E-state index contributed by atoms with van der Waals surface area (Å²) >= 11 is 3.26. The molecule has 0 amide bonds. The molecule has 0 aromatic heterocycles. The van der Waals surface area contributed by atoms with Gasteiger partial charge in [-0.15, -0.1) is 0 Å². The number of halogens is 1. The minimum absolute atomic E-state index is 0.000426.